The average molecular weight is 247 g/mol. The van der Waals surface area contributed by atoms with Crippen LogP contribution < -0.4 is 4.90 Å². The second-order valence-corrected chi connectivity index (χ2v) is 5.27. The lowest BCUT2D eigenvalue weighted by Gasteiger charge is -2.35. The zero-order valence-electron chi connectivity index (χ0n) is 11.1. The molecule has 1 fully saturated rings. The number of aryl methyl sites for hydroxylation is 2. The second-order valence-electron chi connectivity index (χ2n) is 5.27. The minimum absolute atomic E-state index is 0.320. The first-order chi connectivity index (χ1) is 8.58. The molecular formula is C15H21NO2. The Hall–Kier alpha value is -1.51. The topological polar surface area (TPSA) is 40.5 Å². The van der Waals surface area contributed by atoms with Crippen molar-refractivity contribution in [2.75, 3.05) is 18.0 Å². The molecule has 1 aliphatic heterocycles. The van der Waals surface area contributed by atoms with E-state index in [4.69, 9.17) is 5.11 Å². The highest BCUT2D eigenvalue weighted by Crippen LogP contribution is 2.29. The van der Waals surface area contributed by atoms with Crippen molar-refractivity contribution in [2.45, 2.75) is 33.1 Å². The molecule has 1 aromatic rings. The summed E-state index contributed by atoms with van der Waals surface area (Å²) in [7, 11) is 0. The van der Waals surface area contributed by atoms with Gasteiger partial charge in [0.05, 0.1) is 0 Å². The molecule has 0 radical (unpaired) electrons. The summed E-state index contributed by atoms with van der Waals surface area (Å²) in [5.41, 5.74) is 3.96. The Morgan fingerprint density at radius 2 is 1.83 bits per heavy atom. The van der Waals surface area contributed by atoms with Crippen molar-refractivity contribution < 1.29 is 9.90 Å². The first-order valence-corrected chi connectivity index (χ1v) is 6.61. The molecule has 0 aromatic heterocycles. The maximum absolute atomic E-state index is 10.7. The minimum atomic E-state index is -0.666. The third kappa shape index (κ3) is 2.84. The van der Waals surface area contributed by atoms with Gasteiger partial charge in [-0.25, -0.2) is 0 Å². The zero-order chi connectivity index (χ0) is 13.1. The monoisotopic (exact) mass is 247 g/mol. The van der Waals surface area contributed by atoms with Gasteiger partial charge in [-0.15, -0.1) is 0 Å². The van der Waals surface area contributed by atoms with Crippen LogP contribution in [0.4, 0.5) is 5.69 Å². The molecule has 0 atom stereocenters. The van der Waals surface area contributed by atoms with E-state index in [9.17, 15) is 4.79 Å². The number of nitrogens with zero attached hydrogens (tertiary/aromatic N) is 1. The van der Waals surface area contributed by atoms with Gasteiger partial charge in [0.25, 0.3) is 0 Å². The van der Waals surface area contributed by atoms with Crippen LogP contribution in [0.15, 0.2) is 18.2 Å². The first kappa shape index (κ1) is 12.9. The van der Waals surface area contributed by atoms with Crippen LogP contribution in [0.3, 0.4) is 0 Å². The summed E-state index contributed by atoms with van der Waals surface area (Å²) in [4.78, 5) is 13.1. The largest absolute Gasteiger partial charge is 0.481 e. The molecule has 1 N–H and O–H groups in total. The summed E-state index contributed by atoms with van der Waals surface area (Å²) in [5, 5.41) is 8.82. The molecule has 2 rings (SSSR count). The third-order valence-corrected chi connectivity index (χ3v) is 3.83. The van der Waals surface area contributed by atoms with Crippen molar-refractivity contribution in [1.29, 1.82) is 0 Å². The highest BCUT2D eigenvalue weighted by Gasteiger charge is 2.22. The summed E-state index contributed by atoms with van der Waals surface area (Å²) in [6, 6.07) is 6.38. The highest BCUT2D eigenvalue weighted by molar-refractivity contribution is 5.67. The van der Waals surface area contributed by atoms with Crippen molar-refractivity contribution in [1.82, 2.24) is 0 Å². The summed E-state index contributed by atoms with van der Waals surface area (Å²) in [5.74, 6) is -0.316. The number of carbonyl (C=O) groups is 1. The molecule has 0 aliphatic carbocycles. The van der Waals surface area contributed by atoms with E-state index in [-0.39, 0.29) is 0 Å². The molecule has 1 saturated heterocycles. The van der Waals surface area contributed by atoms with Gasteiger partial charge in [0.15, 0.2) is 0 Å². The van der Waals surface area contributed by atoms with E-state index in [2.05, 4.69) is 36.9 Å². The average Bonchev–Trinajstić information content (AvgIpc) is 2.30. The number of hydrogen-bond acceptors (Lipinski definition) is 2. The fourth-order valence-corrected chi connectivity index (χ4v) is 2.91. The van der Waals surface area contributed by atoms with Crippen LogP contribution >= 0.6 is 0 Å². The molecule has 0 unspecified atom stereocenters. The molecule has 98 valence electrons. The number of rotatable bonds is 3. The molecule has 3 nitrogen and oxygen atoms in total. The lowest BCUT2D eigenvalue weighted by atomic mass is 9.92. The summed E-state index contributed by atoms with van der Waals surface area (Å²) >= 11 is 0. The van der Waals surface area contributed by atoms with E-state index < -0.39 is 5.97 Å². The van der Waals surface area contributed by atoms with Crippen molar-refractivity contribution in [3.8, 4) is 0 Å². The van der Waals surface area contributed by atoms with Crippen LogP contribution in [0, 0.1) is 19.8 Å². The molecule has 18 heavy (non-hydrogen) atoms. The molecule has 3 heteroatoms. The van der Waals surface area contributed by atoms with Gasteiger partial charge in [-0.05, 0) is 43.7 Å². The van der Waals surface area contributed by atoms with Crippen LogP contribution in [0.1, 0.15) is 30.4 Å². The quantitative estimate of drug-likeness (QED) is 0.892. The molecule has 1 heterocycles. The third-order valence-electron chi connectivity index (χ3n) is 3.83. The normalized spacial score (nSPS) is 16.9. The van der Waals surface area contributed by atoms with Crippen LogP contribution in [0.25, 0.3) is 0 Å². The summed E-state index contributed by atoms with van der Waals surface area (Å²) in [6.07, 6.45) is 2.29. The van der Waals surface area contributed by atoms with E-state index in [1.54, 1.807) is 0 Å². The van der Waals surface area contributed by atoms with E-state index >= 15 is 0 Å². The Morgan fingerprint density at radius 1 is 1.28 bits per heavy atom. The highest BCUT2D eigenvalue weighted by atomic mass is 16.4. The number of carboxylic acid groups (broad SMARTS) is 1. The minimum Gasteiger partial charge on any atom is -0.481 e. The van der Waals surface area contributed by atoms with Gasteiger partial charge >= 0.3 is 5.97 Å². The predicted octanol–water partition coefficient (Wildman–Crippen LogP) is 2.99. The van der Waals surface area contributed by atoms with Crippen LogP contribution in [-0.4, -0.2) is 24.2 Å². The lowest BCUT2D eigenvalue weighted by molar-refractivity contribution is -0.138. The van der Waals surface area contributed by atoms with Gasteiger partial charge < -0.3 is 10.0 Å². The van der Waals surface area contributed by atoms with Gasteiger partial charge in [0.2, 0.25) is 0 Å². The maximum Gasteiger partial charge on any atom is 0.303 e. The number of aliphatic carboxylic acids is 1. The van der Waals surface area contributed by atoms with Crippen molar-refractivity contribution >= 4 is 11.7 Å². The molecular weight excluding hydrogens is 226 g/mol. The molecule has 0 spiro atoms. The van der Waals surface area contributed by atoms with Gasteiger partial charge in [0.1, 0.15) is 0 Å². The van der Waals surface area contributed by atoms with Crippen LogP contribution in [0.5, 0.6) is 0 Å². The number of benzene rings is 1. The van der Waals surface area contributed by atoms with Gasteiger partial charge in [-0.1, -0.05) is 18.2 Å². The predicted molar refractivity (Wildman–Crippen MR) is 73.1 cm³/mol. The number of para-hydroxylation sites is 1. The van der Waals surface area contributed by atoms with E-state index in [0.717, 1.165) is 25.9 Å². The Morgan fingerprint density at radius 3 is 2.33 bits per heavy atom. The van der Waals surface area contributed by atoms with Crippen LogP contribution in [0.2, 0.25) is 0 Å². The van der Waals surface area contributed by atoms with Crippen LogP contribution in [-0.2, 0) is 4.79 Å². The second kappa shape index (κ2) is 5.42. The zero-order valence-corrected chi connectivity index (χ0v) is 11.1. The number of hydrogen-bond donors (Lipinski definition) is 1. The summed E-state index contributed by atoms with van der Waals surface area (Å²) in [6.45, 7) is 6.24. The number of anilines is 1. The van der Waals surface area contributed by atoms with Crippen molar-refractivity contribution in [3.05, 3.63) is 29.3 Å². The molecule has 1 aliphatic rings. The smallest absolute Gasteiger partial charge is 0.303 e. The van der Waals surface area contributed by atoms with Crippen molar-refractivity contribution in [3.63, 3.8) is 0 Å². The number of carboxylic acids is 1. The fraction of sp³-hybridized carbons (Fsp3) is 0.533. The van der Waals surface area contributed by atoms with Gasteiger partial charge in [0, 0.05) is 25.2 Å². The van der Waals surface area contributed by atoms with E-state index in [0.29, 0.717) is 12.3 Å². The maximum atomic E-state index is 10.7. The van der Waals surface area contributed by atoms with Gasteiger partial charge in [-0.2, -0.15) is 0 Å². The van der Waals surface area contributed by atoms with E-state index in [1.165, 1.54) is 16.8 Å². The summed E-state index contributed by atoms with van der Waals surface area (Å²) < 4.78 is 0. The number of piperidine rings is 1. The first-order valence-electron chi connectivity index (χ1n) is 6.61. The van der Waals surface area contributed by atoms with Crippen molar-refractivity contribution in [2.24, 2.45) is 5.92 Å². The Kier molecular flexibility index (Phi) is 3.90. The Labute approximate surface area is 108 Å². The molecule has 1 aromatic carbocycles. The SMILES string of the molecule is Cc1cccc(C)c1N1CCC(CC(=O)O)CC1. The Bertz CT molecular complexity index is 414. The lowest BCUT2D eigenvalue weighted by Crippen LogP contribution is -2.35. The molecule has 0 bridgehead atoms. The van der Waals surface area contributed by atoms with Gasteiger partial charge in [-0.3, -0.25) is 4.79 Å². The van der Waals surface area contributed by atoms with E-state index in [1.807, 2.05) is 0 Å². The Balaban J connectivity index is 2.03. The molecule has 0 amide bonds. The fourth-order valence-electron chi connectivity index (χ4n) is 2.91. The standard InChI is InChI=1S/C15H21NO2/c1-11-4-3-5-12(2)15(11)16-8-6-13(7-9-16)10-14(17)18/h3-5,13H,6-10H2,1-2H3,(H,17,18). The molecule has 0 saturated carbocycles.